The van der Waals surface area contributed by atoms with Crippen LogP contribution in [0.2, 0.25) is 0 Å². The van der Waals surface area contributed by atoms with Crippen LogP contribution in [0.4, 0.5) is 0 Å². The Hall–Kier alpha value is -2.39. The molecule has 1 heterocycles. The van der Waals surface area contributed by atoms with Gasteiger partial charge in [-0.2, -0.15) is 0 Å². The average Bonchev–Trinajstić information content (AvgIpc) is 2.60. The molecule has 2 atom stereocenters. The number of carbonyl (C=O) groups is 1. The number of piperidine rings is 1. The molecule has 0 amide bonds. The van der Waals surface area contributed by atoms with Gasteiger partial charge in [-0.25, -0.2) is 0 Å². The van der Waals surface area contributed by atoms with E-state index in [1.54, 1.807) is 6.07 Å². The molecule has 1 aliphatic carbocycles. The quantitative estimate of drug-likeness (QED) is 0.834. The van der Waals surface area contributed by atoms with E-state index in [-0.39, 0.29) is 23.0 Å². The molecule has 24 heavy (non-hydrogen) atoms. The number of fused-ring (bicyclic) bond motifs is 2. The average molecular weight is 319 g/mol. The van der Waals surface area contributed by atoms with Gasteiger partial charge in [0.2, 0.25) is 0 Å². The van der Waals surface area contributed by atoms with Gasteiger partial charge in [-0.15, -0.1) is 0 Å². The number of carbonyl (C=O) groups excluding carboxylic acids is 1. The second kappa shape index (κ2) is 5.91. The summed E-state index contributed by atoms with van der Waals surface area (Å²) in [7, 11) is 0. The number of nitrogens with one attached hydrogen (secondary N) is 1. The van der Waals surface area contributed by atoms with Gasteiger partial charge in [0.25, 0.3) is 0 Å². The molecule has 2 fully saturated rings. The molecule has 2 aromatic rings. The Morgan fingerprint density at radius 1 is 1.12 bits per heavy atom. The molecule has 0 spiro atoms. The maximum atomic E-state index is 12.9. The molecule has 122 valence electrons. The Morgan fingerprint density at radius 3 is 2.75 bits per heavy atom. The van der Waals surface area contributed by atoms with Gasteiger partial charge in [0.15, 0.2) is 5.78 Å². The first-order valence-electron chi connectivity index (χ1n) is 8.49. The lowest BCUT2D eigenvalue weighted by Crippen LogP contribution is -2.53. The molecule has 3 heteroatoms. The Labute approximate surface area is 142 Å². The Balaban J connectivity index is 1.70. The SMILES string of the molecule is O=C1CC2(c3cccc(O)c3)CCN[C@@H](C2)/C1=C\c1ccccc1. The summed E-state index contributed by atoms with van der Waals surface area (Å²) in [6, 6.07) is 17.5. The van der Waals surface area contributed by atoms with Gasteiger partial charge < -0.3 is 10.4 Å². The van der Waals surface area contributed by atoms with Crippen LogP contribution in [-0.4, -0.2) is 23.5 Å². The van der Waals surface area contributed by atoms with Crippen molar-refractivity contribution in [1.29, 1.82) is 0 Å². The van der Waals surface area contributed by atoms with Gasteiger partial charge in [-0.1, -0.05) is 42.5 Å². The van der Waals surface area contributed by atoms with Crippen LogP contribution in [0.5, 0.6) is 5.75 Å². The van der Waals surface area contributed by atoms with E-state index in [4.69, 9.17) is 0 Å². The first kappa shape index (κ1) is 15.2. The van der Waals surface area contributed by atoms with Crippen molar-refractivity contribution in [3.05, 3.63) is 71.3 Å². The van der Waals surface area contributed by atoms with Gasteiger partial charge in [0.1, 0.15) is 5.75 Å². The maximum Gasteiger partial charge on any atom is 0.161 e. The van der Waals surface area contributed by atoms with Crippen molar-refractivity contribution in [1.82, 2.24) is 5.32 Å². The first-order valence-corrected chi connectivity index (χ1v) is 8.49. The van der Waals surface area contributed by atoms with Crippen LogP contribution < -0.4 is 5.32 Å². The van der Waals surface area contributed by atoms with Crippen molar-refractivity contribution >= 4 is 11.9 Å². The summed E-state index contributed by atoms with van der Waals surface area (Å²) in [4.78, 5) is 12.9. The molecule has 1 unspecified atom stereocenters. The number of ketones is 1. The number of rotatable bonds is 2. The Morgan fingerprint density at radius 2 is 1.96 bits per heavy atom. The maximum absolute atomic E-state index is 12.9. The number of Topliss-reactive ketones (excluding diaryl/α,β-unsaturated/α-hetero) is 1. The highest BCUT2D eigenvalue weighted by Crippen LogP contribution is 2.45. The van der Waals surface area contributed by atoms with Gasteiger partial charge >= 0.3 is 0 Å². The molecular formula is C21H21NO2. The van der Waals surface area contributed by atoms with Gasteiger partial charge in [0, 0.05) is 23.5 Å². The molecule has 0 aromatic heterocycles. The fourth-order valence-corrected chi connectivity index (χ4v) is 4.14. The van der Waals surface area contributed by atoms with Crippen molar-refractivity contribution in [3.8, 4) is 5.75 Å². The highest BCUT2D eigenvalue weighted by Gasteiger charge is 2.46. The minimum absolute atomic E-state index is 0.0857. The lowest BCUT2D eigenvalue weighted by molar-refractivity contribution is -0.119. The van der Waals surface area contributed by atoms with Crippen LogP contribution in [0.25, 0.3) is 6.08 Å². The van der Waals surface area contributed by atoms with E-state index in [1.807, 2.05) is 54.6 Å². The summed E-state index contributed by atoms with van der Waals surface area (Å²) >= 11 is 0. The highest BCUT2D eigenvalue weighted by molar-refractivity contribution is 6.02. The highest BCUT2D eigenvalue weighted by atomic mass is 16.3. The zero-order chi connectivity index (χ0) is 16.6. The van der Waals surface area contributed by atoms with Crippen LogP contribution in [-0.2, 0) is 10.2 Å². The monoisotopic (exact) mass is 319 g/mol. The molecule has 1 saturated heterocycles. The van der Waals surface area contributed by atoms with Gasteiger partial charge in [-0.3, -0.25) is 4.79 Å². The Bertz CT molecular complexity index is 796. The molecular weight excluding hydrogens is 298 g/mol. The zero-order valence-corrected chi connectivity index (χ0v) is 13.5. The van der Waals surface area contributed by atoms with Gasteiger partial charge in [0.05, 0.1) is 0 Å². The summed E-state index contributed by atoms with van der Waals surface area (Å²) in [5.41, 5.74) is 2.88. The van der Waals surface area contributed by atoms with Crippen LogP contribution in [0.3, 0.4) is 0 Å². The van der Waals surface area contributed by atoms with E-state index in [9.17, 15) is 9.90 Å². The zero-order valence-electron chi connectivity index (χ0n) is 13.5. The normalized spacial score (nSPS) is 28.1. The molecule has 3 nitrogen and oxygen atoms in total. The number of phenols is 1. The van der Waals surface area contributed by atoms with Crippen molar-refractivity contribution in [2.75, 3.05) is 6.54 Å². The fourth-order valence-electron chi connectivity index (χ4n) is 4.14. The smallest absolute Gasteiger partial charge is 0.161 e. The lowest BCUT2D eigenvalue weighted by Gasteiger charge is -2.46. The minimum atomic E-state index is -0.153. The lowest BCUT2D eigenvalue weighted by atomic mass is 9.62. The number of hydrogen-bond donors (Lipinski definition) is 2. The Kier molecular flexibility index (Phi) is 3.73. The van der Waals surface area contributed by atoms with Crippen LogP contribution in [0.15, 0.2) is 60.2 Å². The minimum Gasteiger partial charge on any atom is -0.508 e. The summed E-state index contributed by atoms with van der Waals surface area (Å²) in [5.74, 6) is 0.487. The van der Waals surface area contributed by atoms with Crippen LogP contribution in [0.1, 0.15) is 30.4 Å². The molecule has 1 saturated carbocycles. The molecule has 2 N–H and O–H groups in total. The summed E-state index contributed by atoms with van der Waals surface area (Å²) in [6.45, 7) is 0.889. The number of hydrogen-bond acceptors (Lipinski definition) is 3. The van der Waals surface area contributed by atoms with E-state index >= 15 is 0 Å². The third-order valence-electron chi connectivity index (χ3n) is 5.37. The molecule has 0 radical (unpaired) electrons. The fraction of sp³-hybridized carbons (Fsp3) is 0.286. The summed E-state index contributed by atoms with van der Waals surface area (Å²) < 4.78 is 0. The van der Waals surface area contributed by atoms with Crippen LogP contribution >= 0.6 is 0 Å². The summed E-state index contributed by atoms with van der Waals surface area (Å²) in [6.07, 6.45) is 4.38. The second-order valence-electron chi connectivity index (χ2n) is 6.90. The van der Waals surface area contributed by atoms with E-state index in [2.05, 4.69) is 5.32 Å². The topological polar surface area (TPSA) is 49.3 Å². The number of aromatic hydroxyl groups is 1. The first-order chi connectivity index (χ1) is 11.7. The molecule has 2 aliphatic rings. The largest absolute Gasteiger partial charge is 0.508 e. The molecule has 1 aliphatic heterocycles. The van der Waals surface area contributed by atoms with Crippen molar-refractivity contribution < 1.29 is 9.90 Å². The summed E-state index contributed by atoms with van der Waals surface area (Å²) in [5, 5.41) is 13.3. The van der Waals surface area contributed by atoms with Crippen molar-refractivity contribution in [2.24, 2.45) is 0 Å². The van der Waals surface area contributed by atoms with E-state index in [0.29, 0.717) is 6.42 Å². The predicted molar refractivity (Wildman–Crippen MR) is 94.9 cm³/mol. The number of phenolic OH excluding ortho intramolecular Hbond substituents is 1. The molecule has 2 aromatic carbocycles. The predicted octanol–water partition coefficient (Wildman–Crippen LogP) is 3.44. The molecule has 2 bridgehead atoms. The third kappa shape index (κ3) is 2.65. The van der Waals surface area contributed by atoms with Crippen molar-refractivity contribution in [3.63, 3.8) is 0 Å². The van der Waals surface area contributed by atoms with E-state index < -0.39 is 0 Å². The number of benzene rings is 2. The van der Waals surface area contributed by atoms with Gasteiger partial charge in [-0.05, 0) is 48.7 Å². The second-order valence-corrected chi connectivity index (χ2v) is 6.90. The van der Waals surface area contributed by atoms with E-state index in [1.165, 1.54) is 0 Å². The molecule has 4 rings (SSSR count). The van der Waals surface area contributed by atoms with E-state index in [0.717, 1.165) is 36.1 Å². The standard InChI is InChI=1S/C21H21NO2/c23-17-8-4-7-16(12-17)21-9-10-22-19(13-21)18(20(24)14-21)11-15-5-2-1-3-6-15/h1-8,11-12,19,22-23H,9-10,13-14H2/b18-11+/t19-,21?/m0/s1. The van der Waals surface area contributed by atoms with Crippen LogP contribution in [0, 0.1) is 0 Å². The van der Waals surface area contributed by atoms with Crippen molar-refractivity contribution in [2.45, 2.75) is 30.7 Å². The third-order valence-corrected chi connectivity index (χ3v) is 5.37.